The van der Waals surface area contributed by atoms with E-state index in [-0.39, 0.29) is 5.78 Å². The van der Waals surface area contributed by atoms with Gasteiger partial charge in [-0.15, -0.1) is 0 Å². The number of likely N-dealkylation sites (N-methyl/N-ethyl adjacent to an activating group) is 1. The Hall–Kier alpha value is -0.910. The third-order valence-corrected chi connectivity index (χ3v) is 3.46. The van der Waals surface area contributed by atoms with Crippen molar-refractivity contribution in [1.82, 2.24) is 20.0 Å². The Kier molecular flexibility index (Phi) is 4.96. The lowest BCUT2D eigenvalue weighted by Crippen LogP contribution is -2.24. The fourth-order valence-corrected chi connectivity index (χ4v) is 2.15. The molecule has 0 saturated heterocycles. The molecule has 1 fully saturated rings. The van der Waals surface area contributed by atoms with Crippen LogP contribution in [0.15, 0.2) is 6.20 Å². The Morgan fingerprint density at radius 2 is 2.32 bits per heavy atom. The summed E-state index contributed by atoms with van der Waals surface area (Å²) in [5, 5.41) is 7.97. The zero-order valence-electron chi connectivity index (χ0n) is 11.5. The van der Waals surface area contributed by atoms with Gasteiger partial charge in [-0.25, -0.2) is 0 Å². The van der Waals surface area contributed by atoms with Crippen LogP contribution in [-0.2, 0) is 6.54 Å². The summed E-state index contributed by atoms with van der Waals surface area (Å²) in [6.07, 6.45) is 4.49. The number of carbonyl (C=O) groups is 1. The molecule has 1 heterocycles. The molecule has 0 amide bonds. The van der Waals surface area contributed by atoms with Gasteiger partial charge in [0.2, 0.25) is 0 Å². The van der Waals surface area contributed by atoms with Gasteiger partial charge in [0, 0.05) is 25.6 Å². The molecular formula is C13H21ClN4O. The van der Waals surface area contributed by atoms with Gasteiger partial charge in [-0.2, -0.15) is 5.10 Å². The average molecular weight is 285 g/mol. The standard InChI is InChI=1S/C13H21ClN4O/c1-17(2)7-8-18-13(11(14)9-16-18)12(19)5-6-15-10-3-4-10/h9-10,15H,3-8H2,1-2H3. The van der Waals surface area contributed by atoms with Crippen LogP contribution in [0.5, 0.6) is 0 Å². The Balaban J connectivity index is 1.92. The van der Waals surface area contributed by atoms with E-state index in [1.165, 1.54) is 12.8 Å². The largest absolute Gasteiger partial charge is 0.314 e. The van der Waals surface area contributed by atoms with Gasteiger partial charge in [-0.3, -0.25) is 9.48 Å². The van der Waals surface area contributed by atoms with Crippen molar-refractivity contribution in [1.29, 1.82) is 0 Å². The van der Waals surface area contributed by atoms with Crippen LogP contribution in [-0.4, -0.2) is 53.7 Å². The van der Waals surface area contributed by atoms with Crippen LogP contribution in [0, 0.1) is 0 Å². The molecule has 0 aliphatic heterocycles. The molecule has 0 unspecified atom stereocenters. The van der Waals surface area contributed by atoms with Gasteiger partial charge in [0.1, 0.15) is 5.69 Å². The number of carbonyl (C=O) groups excluding carboxylic acids is 1. The number of nitrogens with zero attached hydrogens (tertiary/aromatic N) is 3. The van der Waals surface area contributed by atoms with Crippen LogP contribution in [0.4, 0.5) is 0 Å². The monoisotopic (exact) mass is 284 g/mol. The van der Waals surface area contributed by atoms with Crippen molar-refractivity contribution in [2.75, 3.05) is 27.2 Å². The van der Waals surface area contributed by atoms with Crippen molar-refractivity contribution in [3.63, 3.8) is 0 Å². The molecule has 19 heavy (non-hydrogen) atoms. The van der Waals surface area contributed by atoms with Crippen LogP contribution >= 0.6 is 11.6 Å². The molecule has 0 aromatic carbocycles. The van der Waals surface area contributed by atoms with Gasteiger partial charge >= 0.3 is 0 Å². The second kappa shape index (κ2) is 6.50. The summed E-state index contributed by atoms with van der Waals surface area (Å²) in [7, 11) is 3.98. The normalized spacial score (nSPS) is 15.2. The minimum Gasteiger partial charge on any atom is -0.314 e. The summed E-state index contributed by atoms with van der Waals surface area (Å²) < 4.78 is 1.71. The second-order valence-electron chi connectivity index (χ2n) is 5.27. The third kappa shape index (κ3) is 4.30. The Bertz CT molecular complexity index is 440. The first-order valence-electron chi connectivity index (χ1n) is 6.70. The molecule has 1 aromatic heterocycles. The maximum absolute atomic E-state index is 12.2. The molecule has 0 bridgehead atoms. The van der Waals surface area contributed by atoms with E-state index in [9.17, 15) is 4.79 Å². The van der Waals surface area contributed by atoms with Crippen LogP contribution in [0.3, 0.4) is 0 Å². The van der Waals surface area contributed by atoms with Crippen LogP contribution in [0.1, 0.15) is 29.8 Å². The highest BCUT2D eigenvalue weighted by Gasteiger charge is 2.22. The van der Waals surface area contributed by atoms with Crippen molar-refractivity contribution in [3.05, 3.63) is 16.9 Å². The summed E-state index contributed by atoms with van der Waals surface area (Å²) in [5.74, 6) is 0.0643. The summed E-state index contributed by atoms with van der Waals surface area (Å²) in [6, 6.07) is 0.627. The van der Waals surface area contributed by atoms with Crippen molar-refractivity contribution < 1.29 is 4.79 Å². The van der Waals surface area contributed by atoms with Gasteiger partial charge < -0.3 is 10.2 Å². The number of rotatable bonds is 8. The van der Waals surface area contributed by atoms with Crippen LogP contribution in [0.2, 0.25) is 5.02 Å². The van der Waals surface area contributed by atoms with Gasteiger partial charge in [0.05, 0.1) is 17.8 Å². The van der Waals surface area contributed by atoms with Crippen LogP contribution < -0.4 is 5.32 Å². The molecule has 1 aliphatic carbocycles. The smallest absolute Gasteiger partial charge is 0.183 e. The van der Waals surface area contributed by atoms with Gasteiger partial charge in [0.25, 0.3) is 0 Å². The molecule has 5 nitrogen and oxygen atoms in total. The lowest BCUT2D eigenvalue weighted by Gasteiger charge is -2.11. The lowest BCUT2D eigenvalue weighted by atomic mass is 10.2. The van der Waals surface area contributed by atoms with Gasteiger partial charge in [-0.05, 0) is 26.9 Å². The van der Waals surface area contributed by atoms with E-state index < -0.39 is 0 Å². The number of ketones is 1. The highest BCUT2D eigenvalue weighted by atomic mass is 35.5. The Labute approximate surface area is 118 Å². The van der Waals surface area contributed by atoms with E-state index >= 15 is 0 Å². The zero-order chi connectivity index (χ0) is 13.8. The van der Waals surface area contributed by atoms with E-state index in [0.717, 1.165) is 13.1 Å². The van der Waals surface area contributed by atoms with E-state index in [0.29, 0.717) is 29.7 Å². The molecule has 0 radical (unpaired) electrons. The summed E-state index contributed by atoms with van der Waals surface area (Å²) in [4.78, 5) is 14.2. The van der Waals surface area contributed by atoms with Crippen molar-refractivity contribution in [3.8, 4) is 0 Å². The summed E-state index contributed by atoms with van der Waals surface area (Å²) in [6.45, 7) is 2.23. The number of hydrogen-bond donors (Lipinski definition) is 1. The highest BCUT2D eigenvalue weighted by Crippen LogP contribution is 2.19. The zero-order valence-corrected chi connectivity index (χ0v) is 12.3. The predicted octanol–water partition coefficient (Wildman–Crippen LogP) is 1.42. The SMILES string of the molecule is CN(C)CCn1ncc(Cl)c1C(=O)CCNC1CC1. The van der Waals surface area contributed by atoms with Crippen molar-refractivity contribution in [2.24, 2.45) is 0 Å². The van der Waals surface area contributed by atoms with E-state index in [4.69, 9.17) is 11.6 Å². The minimum absolute atomic E-state index is 0.0643. The number of hydrogen-bond acceptors (Lipinski definition) is 4. The van der Waals surface area contributed by atoms with E-state index in [2.05, 4.69) is 15.3 Å². The van der Waals surface area contributed by atoms with Crippen molar-refractivity contribution in [2.45, 2.75) is 31.8 Å². The highest BCUT2D eigenvalue weighted by molar-refractivity contribution is 6.33. The molecular weight excluding hydrogens is 264 g/mol. The maximum Gasteiger partial charge on any atom is 0.183 e. The summed E-state index contributed by atoms with van der Waals surface area (Å²) in [5.41, 5.74) is 0.543. The fraction of sp³-hybridized carbons (Fsp3) is 0.692. The predicted molar refractivity (Wildman–Crippen MR) is 75.8 cm³/mol. The van der Waals surface area contributed by atoms with Crippen molar-refractivity contribution >= 4 is 17.4 Å². The Morgan fingerprint density at radius 1 is 1.58 bits per heavy atom. The molecule has 2 rings (SSSR count). The quantitative estimate of drug-likeness (QED) is 0.734. The molecule has 6 heteroatoms. The van der Waals surface area contributed by atoms with Gasteiger partial charge in [0.15, 0.2) is 5.78 Å². The lowest BCUT2D eigenvalue weighted by molar-refractivity contribution is 0.0971. The molecule has 1 N–H and O–H groups in total. The molecule has 1 saturated carbocycles. The number of halogens is 1. The Morgan fingerprint density at radius 3 is 2.95 bits per heavy atom. The molecule has 1 aliphatic rings. The van der Waals surface area contributed by atoms with Crippen LogP contribution in [0.25, 0.3) is 0 Å². The minimum atomic E-state index is 0.0643. The maximum atomic E-state index is 12.2. The van der Waals surface area contributed by atoms with E-state index in [1.807, 2.05) is 14.1 Å². The first-order valence-corrected chi connectivity index (χ1v) is 7.08. The average Bonchev–Trinajstić information content (AvgIpc) is 3.09. The molecule has 1 aromatic rings. The molecule has 0 spiro atoms. The number of aromatic nitrogens is 2. The van der Waals surface area contributed by atoms with E-state index in [1.54, 1.807) is 10.9 Å². The second-order valence-corrected chi connectivity index (χ2v) is 5.68. The first kappa shape index (κ1) is 14.5. The topological polar surface area (TPSA) is 50.2 Å². The molecule has 106 valence electrons. The third-order valence-electron chi connectivity index (χ3n) is 3.18. The van der Waals surface area contributed by atoms with Gasteiger partial charge in [-0.1, -0.05) is 11.6 Å². The first-order chi connectivity index (χ1) is 9.08. The number of Topliss-reactive ketones (excluding diaryl/α,β-unsaturated/α-hetero) is 1. The fourth-order valence-electron chi connectivity index (χ4n) is 1.90. The summed E-state index contributed by atoms with van der Waals surface area (Å²) >= 11 is 6.07. The molecule has 0 atom stereocenters. The number of nitrogens with one attached hydrogen (secondary N) is 1.